The molecule has 2 aromatic carbocycles. The quantitative estimate of drug-likeness (QED) is 0.459. The van der Waals surface area contributed by atoms with Crippen LogP contribution < -0.4 is 10.6 Å². The van der Waals surface area contributed by atoms with Gasteiger partial charge in [0.05, 0.1) is 4.92 Å². The molecule has 1 amide bonds. The minimum absolute atomic E-state index is 0.0382. The summed E-state index contributed by atoms with van der Waals surface area (Å²) in [6, 6.07) is 9.31. The van der Waals surface area contributed by atoms with Crippen molar-refractivity contribution in [2.24, 2.45) is 0 Å². The van der Waals surface area contributed by atoms with Crippen LogP contribution in [-0.2, 0) is 4.79 Å². The number of nitrogens with one attached hydrogen (secondary N) is 2. The fourth-order valence-electron chi connectivity index (χ4n) is 2.05. The lowest BCUT2D eigenvalue weighted by molar-refractivity contribution is -0.384. The largest absolute Gasteiger partial charge is 0.379 e. The van der Waals surface area contributed by atoms with Gasteiger partial charge in [0, 0.05) is 30.8 Å². The lowest BCUT2D eigenvalue weighted by Crippen LogP contribution is -2.14. The van der Waals surface area contributed by atoms with Crippen LogP contribution in [-0.4, -0.2) is 17.4 Å². The Hall–Kier alpha value is -3.03. The van der Waals surface area contributed by atoms with Crippen molar-refractivity contribution in [1.29, 1.82) is 0 Å². The third kappa shape index (κ3) is 4.73. The molecule has 0 aliphatic heterocycles. The van der Waals surface area contributed by atoms with Gasteiger partial charge in [-0.1, -0.05) is 12.1 Å². The second-order valence-corrected chi connectivity index (χ2v) is 4.98. The maximum Gasteiger partial charge on any atom is 0.292 e. The minimum Gasteiger partial charge on any atom is -0.379 e. The molecule has 126 valence electrons. The van der Waals surface area contributed by atoms with E-state index in [0.717, 1.165) is 12.1 Å². The predicted molar refractivity (Wildman–Crippen MR) is 85.8 cm³/mol. The van der Waals surface area contributed by atoms with Crippen molar-refractivity contribution in [3.63, 3.8) is 0 Å². The summed E-state index contributed by atoms with van der Waals surface area (Å²) in [5.41, 5.74) is 0.512. The zero-order valence-corrected chi connectivity index (χ0v) is 12.6. The summed E-state index contributed by atoms with van der Waals surface area (Å²) < 4.78 is 25.8. The first-order chi connectivity index (χ1) is 11.5. The number of nitro benzene ring substituents is 1. The number of benzene rings is 2. The SMILES string of the molecule is O=C(CCCNc1ccccc1[N+](=O)[O-])Nc1ccc(F)c(F)c1. The number of para-hydroxylation sites is 2. The molecular weight excluding hydrogens is 320 g/mol. The third-order valence-electron chi connectivity index (χ3n) is 3.20. The molecule has 0 saturated heterocycles. The number of nitro groups is 1. The van der Waals surface area contributed by atoms with Gasteiger partial charge in [-0.3, -0.25) is 14.9 Å². The topological polar surface area (TPSA) is 84.3 Å². The molecule has 0 bridgehead atoms. The van der Waals surface area contributed by atoms with Gasteiger partial charge in [-0.25, -0.2) is 8.78 Å². The van der Waals surface area contributed by atoms with Gasteiger partial charge >= 0.3 is 0 Å². The molecule has 0 radical (unpaired) electrons. The van der Waals surface area contributed by atoms with Crippen LogP contribution in [0, 0.1) is 21.7 Å². The van der Waals surface area contributed by atoms with E-state index < -0.39 is 16.6 Å². The number of carbonyl (C=O) groups excluding carboxylic acids is 1. The van der Waals surface area contributed by atoms with E-state index in [1.807, 2.05) is 0 Å². The van der Waals surface area contributed by atoms with Gasteiger partial charge in [-0.05, 0) is 24.6 Å². The molecule has 8 heteroatoms. The standard InChI is InChI=1S/C16H15F2N3O3/c17-12-8-7-11(10-13(12)18)20-16(22)6-3-9-19-14-4-1-2-5-15(14)21(23)24/h1-2,4-5,7-8,10,19H,3,6,9H2,(H,20,22). The van der Waals surface area contributed by atoms with Crippen molar-refractivity contribution in [2.45, 2.75) is 12.8 Å². The van der Waals surface area contributed by atoms with Gasteiger partial charge in [-0.15, -0.1) is 0 Å². The van der Waals surface area contributed by atoms with Gasteiger partial charge < -0.3 is 10.6 Å². The van der Waals surface area contributed by atoms with Crippen molar-refractivity contribution in [2.75, 3.05) is 17.2 Å². The summed E-state index contributed by atoms with van der Waals surface area (Å²) >= 11 is 0. The molecule has 0 aromatic heterocycles. The van der Waals surface area contributed by atoms with E-state index in [0.29, 0.717) is 18.7 Å². The molecule has 0 spiro atoms. The molecule has 0 aliphatic carbocycles. The zero-order chi connectivity index (χ0) is 17.5. The number of nitrogens with zero attached hydrogens (tertiary/aromatic N) is 1. The first kappa shape index (κ1) is 17.3. The molecule has 0 saturated carbocycles. The smallest absolute Gasteiger partial charge is 0.292 e. The van der Waals surface area contributed by atoms with E-state index in [9.17, 15) is 23.7 Å². The van der Waals surface area contributed by atoms with Gasteiger partial charge in [0.15, 0.2) is 11.6 Å². The van der Waals surface area contributed by atoms with Crippen molar-refractivity contribution in [3.05, 3.63) is 64.2 Å². The van der Waals surface area contributed by atoms with E-state index in [4.69, 9.17) is 0 Å². The molecule has 0 atom stereocenters. The Morgan fingerprint density at radius 1 is 1.12 bits per heavy atom. The average Bonchev–Trinajstić information content (AvgIpc) is 2.55. The fraction of sp³-hybridized carbons (Fsp3) is 0.188. The number of hydrogen-bond donors (Lipinski definition) is 2. The van der Waals surface area contributed by atoms with E-state index in [-0.39, 0.29) is 23.7 Å². The predicted octanol–water partition coefficient (Wildman–Crippen LogP) is 3.70. The van der Waals surface area contributed by atoms with E-state index in [1.165, 1.54) is 12.1 Å². The first-order valence-corrected chi connectivity index (χ1v) is 7.19. The van der Waals surface area contributed by atoms with Crippen LogP contribution in [0.5, 0.6) is 0 Å². The van der Waals surface area contributed by atoms with Crippen molar-refractivity contribution in [3.8, 4) is 0 Å². The van der Waals surface area contributed by atoms with E-state index in [1.54, 1.807) is 18.2 Å². The van der Waals surface area contributed by atoms with Gasteiger partial charge in [0.1, 0.15) is 5.69 Å². The van der Waals surface area contributed by atoms with Crippen LogP contribution in [0.25, 0.3) is 0 Å². The fourth-order valence-corrected chi connectivity index (χ4v) is 2.05. The lowest BCUT2D eigenvalue weighted by atomic mass is 10.2. The van der Waals surface area contributed by atoms with Crippen LogP contribution in [0.2, 0.25) is 0 Å². The number of halogens is 2. The highest BCUT2D eigenvalue weighted by Gasteiger charge is 2.11. The van der Waals surface area contributed by atoms with Crippen LogP contribution in [0.1, 0.15) is 12.8 Å². The van der Waals surface area contributed by atoms with Gasteiger partial charge in [-0.2, -0.15) is 0 Å². The first-order valence-electron chi connectivity index (χ1n) is 7.19. The number of amides is 1. The molecule has 0 fully saturated rings. The maximum atomic E-state index is 13.0. The molecule has 0 heterocycles. The highest BCUT2D eigenvalue weighted by molar-refractivity contribution is 5.90. The van der Waals surface area contributed by atoms with Gasteiger partial charge in [0.25, 0.3) is 5.69 Å². The lowest BCUT2D eigenvalue weighted by Gasteiger charge is -2.08. The van der Waals surface area contributed by atoms with Crippen molar-refractivity contribution < 1.29 is 18.5 Å². The molecule has 2 rings (SSSR count). The molecule has 6 nitrogen and oxygen atoms in total. The Balaban J connectivity index is 1.79. The summed E-state index contributed by atoms with van der Waals surface area (Å²) in [7, 11) is 0. The highest BCUT2D eigenvalue weighted by atomic mass is 19.2. The summed E-state index contributed by atoms with van der Waals surface area (Å²) in [5, 5.41) is 16.2. The van der Waals surface area contributed by atoms with E-state index >= 15 is 0 Å². The van der Waals surface area contributed by atoms with Crippen LogP contribution in [0.3, 0.4) is 0 Å². The molecule has 0 unspecified atom stereocenters. The minimum atomic E-state index is -1.04. The number of anilines is 2. The second kappa shape index (κ2) is 8.00. The summed E-state index contributed by atoms with van der Waals surface area (Å²) in [4.78, 5) is 22.1. The molecule has 0 aliphatic rings. The second-order valence-electron chi connectivity index (χ2n) is 4.98. The van der Waals surface area contributed by atoms with Crippen LogP contribution in [0.15, 0.2) is 42.5 Å². The highest BCUT2D eigenvalue weighted by Crippen LogP contribution is 2.23. The summed E-state index contributed by atoms with van der Waals surface area (Å²) in [5.74, 6) is -2.38. The van der Waals surface area contributed by atoms with Gasteiger partial charge in [0.2, 0.25) is 5.91 Å². The van der Waals surface area contributed by atoms with Crippen molar-refractivity contribution >= 4 is 23.0 Å². The zero-order valence-electron chi connectivity index (χ0n) is 12.6. The van der Waals surface area contributed by atoms with Crippen LogP contribution in [0.4, 0.5) is 25.8 Å². The van der Waals surface area contributed by atoms with Crippen LogP contribution >= 0.6 is 0 Å². The summed E-state index contributed by atoms with van der Waals surface area (Å²) in [6.07, 6.45) is 0.550. The normalized spacial score (nSPS) is 10.2. The molecule has 24 heavy (non-hydrogen) atoms. The van der Waals surface area contributed by atoms with E-state index in [2.05, 4.69) is 10.6 Å². The Kier molecular flexibility index (Phi) is 5.78. The third-order valence-corrected chi connectivity index (χ3v) is 3.20. The molecule has 2 N–H and O–H groups in total. The Bertz CT molecular complexity index is 753. The summed E-state index contributed by atoms with van der Waals surface area (Å²) in [6.45, 7) is 0.357. The maximum absolute atomic E-state index is 13.0. The number of rotatable bonds is 7. The monoisotopic (exact) mass is 335 g/mol. The Morgan fingerprint density at radius 2 is 1.88 bits per heavy atom. The number of hydrogen-bond acceptors (Lipinski definition) is 4. The molecule has 2 aromatic rings. The number of carbonyl (C=O) groups is 1. The molecular formula is C16H15F2N3O3. The Labute approximate surface area is 136 Å². The average molecular weight is 335 g/mol. The van der Waals surface area contributed by atoms with Crippen molar-refractivity contribution in [1.82, 2.24) is 0 Å². The Morgan fingerprint density at radius 3 is 2.58 bits per heavy atom.